The van der Waals surface area contributed by atoms with Gasteiger partial charge in [0.1, 0.15) is 5.76 Å². The number of furan rings is 1. The molecule has 1 amide bonds. The van der Waals surface area contributed by atoms with Crippen molar-refractivity contribution in [3.8, 4) is 0 Å². The fourth-order valence-electron chi connectivity index (χ4n) is 3.64. The van der Waals surface area contributed by atoms with Crippen LogP contribution in [-0.2, 0) is 17.9 Å². The van der Waals surface area contributed by atoms with Gasteiger partial charge in [-0.2, -0.15) is 0 Å². The van der Waals surface area contributed by atoms with E-state index in [2.05, 4.69) is 0 Å². The van der Waals surface area contributed by atoms with E-state index in [1.807, 2.05) is 91.5 Å². The Hall–Kier alpha value is -3.21. The van der Waals surface area contributed by atoms with Gasteiger partial charge in [0.05, 0.1) is 18.7 Å². The number of nitrogens with two attached hydrogens (primary N) is 1. The van der Waals surface area contributed by atoms with Crippen molar-refractivity contribution in [2.24, 2.45) is 0 Å². The zero-order valence-corrected chi connectivity index (χ0v) is 17.3. The van der Waals surface area contributed by atoms with Crippen LogP contribution in [0.2, 0.25) is 0 Å². The predicted octanol–water partition coefficient (Wildman–Crippen LogP) is 4.65. The van der Waals surface area contributed by atoms with Crippen molar-refractivity contribution >= 4 is 17.3 Å². The molecule has 0 aliphatic heterocycles. The number of carbonyl (C=O) groups is 1. The summed E-state index contributed by atoms with van der Waals surface area (Å²) >= 11 is 0. The normalized spacial score (nSPS) is 11.8. The second-order valence-corrected chi connectivity index (χ2v) is 7.43. The third-order valence-electron chi connectivity index (χ3n) is 5.09. The van der Waals surface area contributed by atoms with Gasteiger partial charge in [-0.05, 0) is 47.9 Å². The molecule has 2 N–H and O–H groups in total. The zero-order valence-electron chi connectivity index (χ0n) is 17.3. The van der Waals surface area contributed by atoms with E-state index in [9.17, 15) is 4.79 Å². The molecule has 29 heavy (non-hydrogen) atoms. The molecule has 0 saturated carbocycles. The average molecular weight is 392 g/mol. The molecule has 0 unspecified atom stereocenters. The van der Waals surface area contributed by atoms with Gasteiger partial charge in [-0.15, -0.1) is 0 Å². The molecule has 152 valence electrons. The zero-order chi connectivity index (χ0) is 20.8. The maximum atomic E-state index is 13.6. The van der Waals surface area contributed by atoms with Crippen LogP contribution in [-0.4, -0.2) is 24.9 Å². The highest BCUT2D eigenvalue weighted by Gasteiger charge is 2.26. The van der Waals surface area contributed by atoms with Crippen LogP contribution in [0.4, 0.5) is 11.4 Å². The number of nitrogens with zero attached hydrogens (tertiary/aromatic N) is 2. The van der Waals surface area contributed by atoms with Gasteiger partial charge in [0.25, 0.3) is 0 Å². The number of nitrogen functional groups attached to an aromatic ring is 1. The number of anilines is 2. The minimum atomic E-state index is -0.199. The number of benzene rings is 2. The summed E-state index contributed by atoms with van der Waals surface area (Å²) in [7, 11) is 3.99. The average Bonchev–Trinajstić information content (AvgIpc) is 3.22. The summed E-state index contributed by atoms with van der Waals surface area (Å²) in [5, 5.41) is 0. The van der Waals surface area contributed by atoms with Gasteiger partial charge >= 0.3 is 0 Å². The van der Waals surface area contributed by atoms with Crippen molar-refractivity contribution in [1.82, 2.24) is 4.90 Å². The third-order valence-corrected chi connectivity index (χ3v) is 5.09. The van der Waals surface area contributed by atoms with E-state index >= 15 is 0 Å². The number of hydrogen-bond acceptors (Lipinski definition) is 4. The standard InChI is InChI=1S/C24H29N3O2/c1-4-22(18-9-6-5-7-10-18)24(28)27(17-21-11-8-14-29-21)16-19-15-20(25)12-13-23(19)26(2)3/h5-15,22H,4,16-17,25H2,1-3H3/t22-/m0/s1. The van der Waals surface area contributed by atoms with Gasteiger partial charge in [0.2, 0.25) is 5.91 Å². The lowest BCUT2D eigenvalue weighted by Crippen LogP contribution is -2.34. The molecule has 1 atom stereocenters. The predicted molar refractivity (Wildman–Crippen MR) is 118 cm³/mol. The van der Waals surface area contributed by atoms with E-state index < -0.39 is 0 Å². The van der Waals surface area contributed by atoms with Crippen molar-refractivity contribution in [1.29, 1.82) is 0 Å². The highest BCUT2D eigenvalue weighted by molar-refractivity contribution is 5.84. The van der Waals surface area contributed by atoms with Crippen LogP contribution in [0.15, 0.2) is 71.3 Å². The highest BCUT2D eigenvalue weighted by Crippen LogP contribution is 2.28. The van der Waals surface area contributed by atoms with Crippen LogP contribution in [0.1, 0.15) is 36.1 Å². The first kappa shape index (κ1) is 20.5. The molecule has 3 aromatic rings. The summed E-state index contributed by atoms with van der Waals surface area (Å²) < 4.78 is 5.54. The van der Waals surface area contributed by atoms with Crippen LogP contribution in [0.5, 0.6) is 0 Å². The lowest BCUT2D eigenvalue weighted by Gasteiger charge is -2.28. The number of carbonyl (C=O) groups excluding carboxylic acids is 1. The lowest BCUT2D eigenvalue weighted by atomic mass is 9.94. The monoisotopic (exact) mass is 391 g/mol. The van der Waals surface area contributed by atoms with E-state index in [0.717, 1.165) is 29.0 Å². The van der Waals surface area contributed by atoms with Crippen LogP contribution in [0, 0.1) is 0 Å². The second-order valence-electron chi connectivity index (χ2n) is 7.43. The molecule has 0 aliphatic rings. The second kappa shape index (κ2) is 9.32. The van der Waals surface area contributed by atoms with Gasteiger partial charge < -0.3 is 20.0 Å². The summed E-state index contributed by atoms with van der Waals surface area (Å²) in [5.41, 5.74) is 9.83. The molecule has 1 heterocycles. The maximum absolute atomic E-state index is 13.6. The van der Waals surface area contributed by atoms with E-state index in [0.29, 0.717) is 18.8 Å². The Morgan fingerprint density at radius 3 is 2.41 bits per heavy atom. The van der Waals surface area contributed by atoms with Crippen molar-refractivity contribution in [3.63, 3.8) is 0 Å². The Bertz CT molecular complexity index is 921. The Balaban J connectivity index is 1.95. The first-order valence-corrected chi connectivity index (χ1v) is 9.91. The maximum Gasteiger partial charge on any atom is 0.230 e. The minimum absolute atomic E-state index is 0.0854. The van der Waals surface area contributed by atoms with E-state index in [-0.39, 0.29) is 11.8 Å². The summed E-state index contributed by atoms with van der Waals surface area (Å²) in [5.74, 6) is 0.647. The van der Waals surface area contributed by atoms with Crippen molar-refractivity contribution < 1.29 is 9.21 Å². The molecule has 3 rings (SSSR count). The van der Waals surface area contributed by atoms with Crippen LogP contribution >= 0.6 is 0 Å². The van der Waals surface area contributed by atoms with Crippen LogP contribution in [0.3, 0.4) is 0 Å². The minimum Gasteiger partial charge on any atom is -0.467 e. The summed E-state index contributed by atoms with van der Waals surface area (Å²) in [6.45, 7) is 2.92. The molecular formula is C24H29N3O2. The van der Waals surface area contributed by atoms with Crippen LogP contribution < -0.4 is 10.6 Å². The molecule has 2 aromatic carbocycles. The molecule has 0 aliphatic carbocycles. The molecule has 0 fully saturated rings. The summed E-state index contributed by atoms with van der Waals surface area (Å²) in [6.07, 6.45) is 2.37. The smallest absolute Gasteiger partial charge is 0.230 e. The number of hydrogen-bond donors (Lipinski definition) is 1. The van der Waals surface area contributed by atoms with Gasteiger partial charge in [0.15, 0.2) is 0 Å². The Morgan fingerprint density at radius 2 is 1.79 bits per heavy atom. The molecule has 0 spiro atoms. The molecule has 0 saturated heterocycles. The van der Waals surface area contributed by atoms with E-state index in [4.69, 9.17) is 10.2 Å². The number of amides is 1. The molecule has 5 nitrogen and oxygen atoms in total. The van der Waals surface area contributed by atoms with Gasteiger partial charge in [-0.25, -0.2) is 0 Å². The highest BCUT2D eigenvalue weighted by atomic mass is 16.3. The Kier molecular flexibility index (Phi) is 6.60. The first-order chi connectivity index (χ1) is 14.0. The summed E-state index contributed by atoms with van der Waals surface area (Å²) in [6, 6.07) is 19.5. The lowest BCUT2D eigenvalue weighted by molar-refractivity contribution is -0.134. The largest absolute Gasteiger partial charge is 0.467 e. The van der Waals surface area contributed by atoms with Gasteiger partial charge in [-0.1, -0.05) is 37.3 Å². The fraction of sp³-hybridized carbons (Fsp3) is 0.292. The Morgan fingerprint density at radius 1 is 1.03 bits per heavy atom. The van der Waals surface area contributed by atoms with Gasteiger partial charge in [0, 0.05) is 32.0 Å². The summed E-state index contributed by atoms with van der Waals surface area (Å²) in [4.78, 5) is 17.5. The van der Waals surface area contributed by atoms with E-state index in [1.54, 1.807) is 6.26 Å². The molecule has 0 radical (unpaired) electrons. The van der Waals surface area contributed by atoms with Crippen molar-refractivity contribution in [2.75, 3.05) is 24.7 Å². The molecule has 5 heteroatoms. The Labute approximate surface area is 172 Å². The SMILES string of the molecule is CC[C@H](C(=O)N(Cc1ccco1)Cc1cc(N)ccc1N(C)C)c1ccccc1. The third kappa shape index (κ3) is 4.99. The number of rotatable bonds is 8. The quantitative estimate of drug-likeness (QED) is 0.568. The molecular weight excluding hydrogens is 362 g/mol. The van der Waals surface area contributed by atoms with Crippen LogP contribution in [0.25, 0.3) is 0 Å². The molecule has 0 bridgehead atoms. The van der Waals surface area contributed by atoms with Crippen molar-refractivity contribution in [2.45, 2.75) is 32.4 Å². The topological polar surface area (TPSA) is 62.7 Å². The fourth-order valence-corrected chi connectivity index (χ4v) is 3.64. The van der Waals surface area contributed by atoms with E-state index in [1.165, 1.54) is 0 Å². The van der Waals surface area contributed by atoms with Gasteiger partial charge in [-0.3, -0.25) is 4.79 Å². The first-order valence-electron chi connectivity index (χ1n) is 9.91. The molecule has 1 aromatic heterocycles. The van der Waals surface area contributed by atoms with Crippen molar-refractivity contribution in [3.05, 3.63) is 83.8 Å².